The van der Waals surface area contributed by atoms with Gasteiger partial charge in [0.1, 0.15) is 6.04 Å². The number of carbonyl (C=O) groups is 1. The van der Waals surface area contributed by atoms with Crippen molar-refractivity contribution in [1.29, 1.82) is 0 Å². The Morgan fingerprint density at radius 2 is 1.71 bits per heavy atom. The van der Waals surface area contributed by atoms with Gasteiger partial charge in [-0.1, -0.05) is 24.3 Å². The Bertz CT molecular complexity index is 1140. The van der Waals surface area contributed by atoms with Crippen LogP contribution in [0.5, 0.6) is 0 Å². The minimum Gasteiger partial charge on any atom is -0.480 e. The second-order valence-electron chi connectivity index (χ2n) is 7.17. The molecule has 7 heteroatoms. The molecule has 0 fully saturated rings. The number of nitrogens with one attached hydrogen (secondary N) is 2. The molecule has 3 rings (SSSR count). The highest BCUT2D eigenvalue weighted by Gasteiger charge is 2.29. The lowest BCUT2D eigenvalue weighted by molar-refractivity contribution is -0.138. The Hall–Kier alpha value is -2.64. The van der Waals surface area contributed by atoms with Gasteiger partial charge in [0.2, 0.25) is 10.0 Å². The van der Waals surface area contributed by atoms with E-state index in [0.717, 1.165) is 27.6 Å². The molecule has 0 bridgehead atoms. The van der Waals surface area contributed by atoms with Crippen molar-refractivity contribution in [2.45, 2.75) is 45.1 Å². The van der Waals surface area contributed by atoms with Gasteiger partial charge in [0.25, 0.3) is 0 Å². The van der Waals surface area contributed by atoms with Gasteiger partial charge in [0.15, 0.2) is 0 Å². The zero-order valence-electron chi connectivity index (χ0n) is 16.3. The van der Waals surface area contributed by atoms with Gasteiger partial charge >= 0.3 is 5.97 Å². The molecule has 3 aromatic rings. The quantitative estimate of drug-likeness (QED) is 0.591. The van der Waals surface area contributed by atoms with Crippen LogP contribution in [0.1, 0.15) is 27.8 Å². The third-order valence-corrected chi connectivity index (χ3v) is 7.01. The maximum atomic E-state index is 13.1. The van der Waals surface area contributed by atoms with E-state index in [1.807, 2.05) is 44.2 Å². The van der Waals surface area contributed by atoms with Crippen LogP contribution in [-0.4, -0.2) is 30.5 Å². The van der Waals surface area contributed by atoms with Crippen LogP contribution in [-0.2, 0) is 21.2 Å². The molecule has 1 atom stereocenters. The Balaban J connectivity index is 1.98. The standard InChI is InChI=1S/C21H24N2O4S/c1-12-9-13(2)15(4)20(14(12)3)28(26,27)23-19(21(24)25)10-16-11-22-18-8-6-5-7-17(16)18/h5-9,11,19,22-23H,10H2,1-4H3,(H,24,25)/t19-/m0/s1. The normalized spacial score (nSPS) is 13.0. The lowest BCUT2D eigenvalue weighted by atomic mass is 10.0. The highest BCUT2D eigenvalue weighted by molar-refractivity contribution is 7.89. The van der Waals surface area contributed by atoms with Crippen molar-refractivity contribution in [3.8, 4) is 0 Å². The summed E-state index contributed by atoms with van der Waals surface area (Å²) in [7, 11) is -4.01. The molecule has 0 spiro atoms. The van der Waals surface area contributed by atoms with Crippen LogP contribution in [0, 0.1) is 27.7 Å². The number of aliphatic carboxylic acids is 1. The van der Waals surface area contributed by atoms with Gasteiger partial charge < -0.3 is 10.1 Å². The SMILES string of the molecule is Cc1cc(C)c(C)c(S(=O)(=O)N[C@@H](Cc2c[nH]c3ccccc23)C(=O)O)c1C. The second kappa shape index (κ2) is 7.41. The zero-order valence-corrected chi connectivity index (χ0v) is 17.1. The molecule has 0 aliphatic heterocycles. The topological polar surface area (TPSA) is 99.3 Å². The molecule has 28 heavy (non-hydrogen) atoms. The summed E-state index contributed by atoms with van der Waals surface area (Å²) in [4.78, 5) is 15.1. The monoisotopic (exact) mass is 400 g/mol. The first kappa shape index (κ1) is 20.1. The van der Waals surface area contributed by atoms with Gasteiger partial charge in [0, 0.05) is 23.5 Å². The van der Waals surface area contributed by atoms with E-state index in [1.54, 1.807) is 20.0 Å². The molecular weight excluding hydrogens is 376 g/mol. The van der Waals surface area contributed by atoms with Gasteiger partial charge in [-0.05, 0) is 61.6 Å². The van der Waals surface area contributed by atoms with Gasteiger partial charge in [-0.15, -0.1) is 0 Å². The van der Waals surface area contributed by atoms with E-state index in [-0.39, 0.29) is 11.3 Å². The minimum absolute atomic E-state index is 0.0431. The zero-order chi connectivity index (χ0) is 20.6. The lowest BCUT2D eigenvalue weighted by Gasteiger charge is -2.19. The van der Waals surface area contributed by atoms with Crippen LogP contribution in [0.3, 0.4) is 0 Å². The summed E-state index contributed by atoms with van der Waals surface area (Å²) in [6.07, 6.45) is 1.77. The number of para-hydroxylation sites is 1. The number of sulfonamides is 1. The summed E-state index contributed by atoms with van der Waals surface area (Å²) in [5.74, 6) is -1.21. The molecule has 0 aliphatic carbocycles. The van der Waals surface area contributed by atoms with Crippen LogP contribution < -0.4 is 4.72 Å². The van der Waals surface area contributed by atoms with Crippen LogP contribution in [0.2, 0.25) is 0 Å². The van der Waals surface area contributed by atoms with E-state index < -0.39 is 22.0 Å². The van der Waals surface area contributed by atoms with Crippen molar-refractivity contribution in [1.82, 2.24) is 9.71 Å². The van der Waals surface area contributed by atoms with Gasteiger partial charge in [-0.25, -0.2) is 8.42 Å². The van der Waals surface area contributed by atoms with Crippen LogP contribution in [0.15, 0.2) is 41.4 Å². The summed E-state index contributed by atoms with van der Waals surface area (Å²) in [5.41, 5.74) is 4.60. The van der Waals surface area contributed by atoms with Gasteiger partial charge in [-0.3, -0.25) is 4.79 Å². The summed E-state index contributed by atoms with van der Waals surface area (Å²) in [6, 6.07) is 8.18. The van der Waals surface area contributed by atoms with E-state index in [1.165, 1.54) is 0 Å². The molecule has 3 N–H and O–H groups in total. The molecule has 0 saturated carbocycles. The first-order chi connectivity index (χ1) is 13.1. The molecular formula is C21H24N2O4S. The molecule has 6 nitrogen and oxygen atoms in total. The van der Waals surface area contributed by atoms with E-state index in [2.05, 4.69) is 9.71 Å². The molecule has 0 unspecified atom stereocenters. The van der Waals surface area contributed by atoms with E-state index in [9.17, 15) is 18.3 Å². The Kier molecular flexibility index (Phi) is 5.32. The average Bonchev–Trinajstić information content (AvgIpc) is 3.02. The third-order valence-electron chi connectivity index (χ3n) is 5.26. The fourth-order valence-corrected chi connectivity index (χ4v) is 5.33. The van der Waals surface area contributed by atoms with Gasteiger partial charge in [0.05, 0.1) is 4.90 Å². The van der Waals surface area contributed by atoms with Crippen molar-refractivity contribution in [2.24, 2.45) is 0 Å². The molecule has 0 radical (unpaired) electrons. The second-order valence-corrected chi connectivity index (χ2v) is 8.82. The summed E-state index contributed by atoms with van der Waals surface area (Å²) >= 11 is 0. The van der Waals surface area contributed by atoms with Crippen LogP contribution >= 0.6 is 0 Å². The number of benzene rings is 2. The van der Waals surface area contributed by atoms with Crippen LogP contribution in [0.4, 0.5) is 0 Å². The fourth-order valence-electron chi connectivity index (χ4n) is 3.53. The minimum atomic E-state index is -4.01. The number of rotatable bonds is 6. The first-order valence-corrected chi connectivity index (χ1v) is 10.5. The number of hydrogen-bond donors (Lipinski definition) is 3. The summed E-state index contributed by atoms with van der Waals surface area (Å²) in [6.45, 7) is 7.18. The summed E-state index contributed by atoms with van der Waals surface area (Å²) < 4.78 is 28.6. The number of hydrogen-bond acceptors (Lipinski definition) is 3. The van der Waals surface area contributed by atoms with Crippen molar-refractivity contribution in [2.75, 3.05) is 0 Å². The molecule has 2 aromatic carbocycles. The highest BCUT2D eigenvalue weighted by Crippen LogP contribution is 2.27. The molecule has 148 valence electrons. The molecule has 0 aliphatic rings. The Morgan fingerprint density at radius 1 is 1.11 bits per heavy atom. The fraction of sp³-hybridized carbons (Fsp3) is 0.286. The van der Waals surface area contributed by atoms with E-state index in [4.69, 9.17) is 0 Å². The lowest BCUT2D eigenvalue weighted by Crippen LogP contribution is -2.42. The number of aromatic amines is 1. The van der Waals surface area contributed by atoms with E-state index in [0.29, 0.717) is 11.1 Å². The first-order valence-electron chi connectivity index (χ1n) is 8.99. The molecule has 0 saturated heterocycles. The third kappa shape index (κ3) is 3.68. The van der Waals surface area contributed by atoms with Crippen LogP contribution in [0.25, 0.3) is 10.9 Å². The number of aryl methyl sites for hydroxylation is 2. The average molecular weight is 401 g/mol. The predicted octanol–water partition coefficient (Wildman–Crippen LogP) is 3.38. The number of H-pyrrole nitrogens is 1. The van der Waals surface area contributed by atoms with Crippen molar-refractivity contribution >= 4 is 26.9 Å². The molecule has 1 heterocycles. The van der Waals surface area contributed by atoms with Crippen molar-refractivity contribution in [3.05, 3.63) is 64.3 Å². The smallest absolute Gasteiger partial charge is 0.322 e. The van der Waals surface area contributed by atoms with Gasteiger partial charge in [-0.2, -0.15) is 4.72 Å². The maximum absolute atomic E-state index is 13.1. The highest BCUT2D eigenvalue weighted by atomic mass is 32.2. The maximum Gasteiger partial charge on any atom is 0.322 e. The predicted molar refractivity (Wildman–Crippen MR) is 109 cm³/mol. The number of carboxylic acids is 1. The van der Waals surface area contributed by atoms with E-state index >= 15 is 0 Å². The Morgan fingerprint density at radius 3 is 2.32 bits per heavy atom. The number of fused-ring (bicyclic) bond motifs is 1. The largest absolute Gasteiger partial charge is 0.480 e. The van der Waals surface area contributed by atoms with Crippen molar-refractivity contribution in [3.63, 3.8) is 0 Å². The van der Waals surface area contributed by atoms with Crippen molar-refractivity contribution < 1.29 is 18.3 Å². The Labute approximate surface area is 164 Å². The summed E-state index contributed by atoms with van der Waals surface area (Å²) in [5, 5.41) is 10.5. The number of aromatic nitrogens is 1. The molecule has 0 amide bonds. The molecule has 1 aromatic heterocycles. The number of carboxylic acid groups (broad SMARTS) is 1.